The van der Waals surface area contributed by atoms with E-state index in [0.717, 1.165) is 30.2 Å². The van der Waals surface area contributed by atoms with E-state index in [-0.39, 0.29) is 5.91 Å². The molecule has 2 fully saturated rings. The van der Waals surface area contributed by atoms with Crippen LogP contribution in [0.3, 0.4) is 0 Å². The van der Waals surface area contributed by atoms with Crippen LogP contribution in [-0.4, -0.2) is 38.5 Å². The van der Waals surface area contributed by atoms with Gasteiger partial charge in [-0.3, -0.25) is 4.79 Å². The number of hydrogen-bond acceptors (Lipinski definition) is 2. The zero-order valence-corrected chi connectivity index (χ0v) is 13.6. The monoisotopic (exact) mass is 354 g/mol. The number of carboxylic acid groups (broad SMARTS) is 1. The molecule has 1 saturated carbocycles. The Balaban J connectivity index is 1.95. The number of halogens is 1. The van der Waals surface area contributed by atoms with Gasteiger partial charge >= 0.3 is 5.97 Å². The van der Waals surface area contributed by atoms with Crippen LogP contribution in [0.15, 0.2) is 16.7 Å². The summed E-state index contributed by atoms with van der Waals surface area (Å²) in [6.07, 6.45) is 6.31. The largest absolute Gasteiger partial charge is 0.480 e. The third kappa shape index (κ3) is 2.50. The van der Waals surface area contributed by atoms with Gasteiger partial charge in [-0.15, -0.1) is 0 Å². The van der Waals surface area contributed by atoms with Crippen molar-refractivity contribution in [1.82, 2.24) is 9.47 Å². The maximum absolute atomic E-state index is 12.9. The maximum atomic E-state index is 12.9. The summed E-state index contributed by atoms with van der Waals surface area (Å²) in [5, 5.41) is 9.55. The molecule has 1 unspecified atom stereocenters. The number of nitrogens with zero attached hydrogens (tertiary/aromatic N) is 2. The van der Waals surface area contributed by atoms with Crippen LogP contribution in [0, 0.1) is 0 Å². The second kappa shape index (κ2) is 5.16. The van der Waals surface area contributed by atoms with Crippen LogP contribution in [0.2, 0.25) is 0 Å². The minimum absolute atomic E-state index is 0.169. The Bertz CT molecular complexity index is 594. The molecule has 2 heterocycles. The summed E-state index contributed by atoms with van der Waals surface area (Å²) >= 11 is 3.42. The smallest absolute Gasteiger partial charge is 0.329 e. The third-order valence-electron chi connectivity index (χ3n) is 4.57. The molecule has 0 spiro atoms. The van der Waals surface area contributed by atoms with Crippen LogP contribution >= 0.6 is 15.9 Å². The van der Waals surface area contributed by atoms with Crippen molar-refractivity contribution in [3.8, 4) is 0 Å². The number of aliphatic carboxylic acids is 1. The van der Waals surface area contributed by atoms with Crippen molar-refractivity contribution in [1.29, 1.82) is 0 Å². The Kier molecular flexibility index (Phi) is 3.59. The van der Waals surface area contributed by atoms with Crippen molar-refractivity contribution in [3.05, 3.63) is 22.4 Å². The van der Waals surface area contributed by atoms with Gasteiger partial charge in [0.15, 0.2) is 0 Å². The van der Waals surface area contributed by atoms with Crippen LogP contribution in [0.1, 0.15) is 55.6 Å². The van der Waals surface area contributed by atoms with Crippen molar-refractivity contribution < 1.29 is 14.7 Å². The molecule has 1 aromatic rings. The van der Waals surface area contributed by atoms with Gasteiger partial charge in [0.05, 0.1) is 0 Å². The lowest BCUT2D eigenvalue weighted by molar-refractivity contribution is -0.150. The average Bonchev–Trinajstić information content (AvgIpc) is 3.21. The first kappa shape index (κ1) is 14.6. The summed E-state index contributed by atoms with van der Waals surface area (Å²) in [6.45, 7) is 2.17. The zero-order valence-electron chi connectivity index (χ0n) is 12.0. The predicted octanol–water partition coefficient (Wildman–Crippen LogP) is 3.05. The number of carbonyl (C=O) groups is 2. The van der Waals surface area contributed by atoms with E-state index in [0.29, 0.717) is 24.7 Å². The van der Waals surface area contributed by atoms with Crippen molar-refractivity contribution >= 4 is 27.8 Å². The Labute approximate surface area is 132 Å². The number of likely N-dealkylation sites (tertiary alicyclic amines) is 1. The summed E-state index contributed by atoms with van der Waals surface area (Å²) in [6, 6.07) is 2.19. The minimum Gasteiger partial charge on any atom is -0.480 e. The molecule has 1 aliphatic heterocycles. The highest BCUT2D eigenvalue weighted by molar-refractivity contribution is 9.10. The number of amides is 1. The molecule has 0 aromatic carbocycles. The summed E-state index contributed by atoms with van der Waals surface area (Å²) in [4.78, 5) is 26.1. The van der Waals surface area contributed by atoms with Gasteiger partial charge in [-0.25, -0.2) is 4.79 Å². The van der Waals surface area contributed by atoms with Gasteiger partial charge in [0.2, 0.25) is 0 Å². The molecule has 3 rings (SSSR count). The first-order valence-corrected chi connectivity index (χ1v) is 8.15. The van der Waals surface area contributed by atoms with Gasteiger partial charge < -0.3 is 14.6 Å². The van der Waals surface area contributed by atoms with Crippen LogP contribution in [0.5, 0.6) is 0 Å². The normalized spacial score (nSPS) is 25.9. The van der Waals surface area contributed by atoms with E-state index in [1.165, 1.54) is 0 Å². The van der Waals surface area contributed by atoms with Crippen molar-refractivity contribution in [3.63, 3.8) is 0 Å². The lowest BCUT2D eigenvalue weighted by atomic mass is 9.88. The Morgan fingerprint density at radius 3 is 2.71 bits per heavy atom. The van der Waals surface area contributed by atoms with Gasteiger partial charge in [-0.2, -0.15) is 0 Å². The molecule has 5 nitrogen and oxygen atoms in total. The van der Waals surface area contributed by atoms with E-state index in [1.54, 1.807) is 17.9 Å². The number of hydrogen-bond donors (Lipinski definition) is 1. The van der Waals surface area contributed by atoms with E-state index in [1.807, 2.05) is 10.8 Å². The molecule has 21 heavy (non-hydrogen) atoms. The molecule has 114 valence electrons. The first-order valence-electron chi connectivity index (χ1n) is 7.36. The van der Waals surface area contributed by atoms with Crippen LogP contribution in [0.25, 0.3) is 0 Å². The molecular weight excluding hydrogens is 336 g/mol. The molecule has 1 saturated heterocycles. The van der Waals surface area contributed by atoms with Crippen molar-refractivity contribution in [2.75, 3.05) is 6.54 Å². The second-order valence-electron chi connectivity index (χ2n) is 6.17. The highest BCUT2D eigenvalue weighted by Crippen LogP contribution is 2.39. The first-order chi connectivity index (χ1) is 9.93. The Morgan fingerprint density at radius 1 is 1.38 bits per heavy atom. The Morgan fingerprint density at radius 2 is 2.10 bits per heavy atom. The lowest BCUT2D eigenvalue weighted by Gasteiger charge is -2.41. The molecule has 1 aliphatic carbocycles. The molecule has 1 atom stereocenters. The zero-order chi connectivity index (χ0) is 15.2. The standard InChI is InChI=1S/C15H19BrN2O3/c1-15(14(20)21)6-2-3-7-18(15)13(19)12-8-10(16)9-17(12)11-4-5-11/h8-9,11H,2-7H2,1H3,(H,20,21). The molecular formula is C15H19BrN2O3. The molecule has 2 aliphatic rings. The predicted molar refractivity (Wildman–Crippen MR) is 81.3 cm³/mol. The summed E-state index contributed by atoms with van der Waals surface area (Å²) < 4.78 is 2.86. The number of carbonyl (C=O) groups excluding carboxylic acids is 1. The van der Waals surface area contributed by atoms with E-state index in [9.17, 15) is 14.7 Å². The van der Waals surface area contributed by atoms with Crippen molar-refractivity contribution in [2.45, 2.75) is 50.6 Å². The van der Waals surface area contributed by atoms with Crippen LogP contribution in [0.4, 0.5) is 0 Å². The number of carboxylic acids is 1. The molecule has 0 bridgehead atoms. The fourth-order valence-electron chi connectivity index (χ4n) is 3.08. The number of piperidine rings is 1. The summed E-state index contributed by atoms with van der Waals surface area (Å²) in [5.41, 5.74) is -0.501. The average molecular weight is 355 g/mol. The quantitative estimate of drug-likeness (QED) is 0.907. The van der Waals surface area contributed by atoms with Gasteiger partial charge in [-0.1, -0.05) is 0 Å². The molecule has 1 N–H and O–H groups in total. The lowest BCUT2D eigenvalue weighted by Crippen LogP contribution is -2.57. The molecule has 6 heteroatoms. The second-order valence-corrected chi connectivity index (χ2v) is 7.09. The van der Waals surface area contributed by atoms with Gasteiger partial charge in [0.25, 0.3) is 5.91 Å². The van der Waals surface area contributed by atoms with Crippen LogP contribution in [-0.2, 0) is 4.79 Å². The van der Waals surface area contributed by atoms with Gasteiger partial charge in [0.1, 0.15) is 11.2 Å². The number of rotatable bonds is 3. The van der Waals surface area contributed by atoms with E-state index in [4.69, 9.17) is 0 Å². The van der Waals surface area contributed by atoms with Gasteiger partial charge in [0, 0.05) is 23.3 Å². The van der Waals surface area contributed by atoms with Gasteiger partial charge in [-0.05, 0) is 61.0 Å². The number of aromatic nitrogens is 1. The minimum atomic E-state index is -1.10. The van der Waals surface area contributed by atoms with Crippen molar-refractivity contribution in [2.24, 2.45) is 0 Å². The summed E-state index contributed by atoms with van der Waals surface area (Å²) in [5.74, 6) is -1.09. The molecule has 1 aromatic heterocycles. The third-order valence-corrected chi connectivity index (χ3v) is 5.01. The van der Waals surface area contributed by atoms with E-state index in [2.05, 4.69) is 15.9 Å². The maximum Gasteiger partial charge on any atom is 0.329 e. The Hall–Kier alpha value is -1.30. The summed E-state index contributed by atoms with van der Waals surface area (Å²) in [7, 11) is 0. The molecule has 1 amide bonds. The topological polar surface area (TPSA) is 62.5 Å². The molecule has 0 radical (unpaired) electrons. The van der Waals surface area contributed by atoms with E-state index < -0.39 is 11.5 Å². The highest BCUT2D eigenvalue weighted by Gasteiger charge is 2.45. The fraction of sp³-hybridized carbons (Fsp3) is 0.600. The highest BCUT2D eigenvalue weighted by atomic mass is 79.9. The van der Waals surface area contributed by atoms with E-state index >= 15 is 0 Å². The SMILES string of the molecule is CC1(C(=O)O)CCCCN1C(=O)c1cc(Br)cn1C1CC1. The fourth-order valence-corrected chi connectivity index (χ4v) is 3.52. The van der Waals surface area contributed by atoms with Crippen LogP contribution < -0.4 is 0 Å².